The molecule has 0 radical (unpaired) electrons. The summed E-state index contributed by atoms with van der Waals surface area (Å²) in [7, 11) is 0. The minimum atomic E-state index is 0.00435. The molecule has 2 heterocycles. The molecule has 2 rings (SSSR count). The summed E-state index contributed by atoms with van der Waals surface area (Å²) in [6, 6.07) is 1.88. The number of ketones is 1. The first kappa shape index (κ1) is 13.0. The average molecular weight is 378 g/mol. The summed E-state index contributed by atoms with van der Waals surface area (Å²) in [5.41, 5.74) is 0.620. The van der Waals surface area contributed by atoms with Crippen LogP contribution in [0.1, 0.15) is 28.7 Å². The van der Waals surface area contributed by atoms with Gasteiger partial charge in [0.2, 0.25) is 5.78 Å². The summed E-state index contributed by atoms with van der Waals surface area (Å²) < 4.78 is 3.33. The minimum absolute atomic E-state index is 0.00435. The van der Waals surface area contributed by atoms with E-state index in [1.165, 1.54) is 11.3 Å². The Labute approximate surface area is 120 Å². The molecular formula is C11H10Br2N2OS. The second-order valence-corrected chi connectivity index (χ2v) is 6.12. The van der Waals surface area contributed by atoms with Crippen molar-refractivity contribution in [3.8, 4) is 0 Å². The van der Waals surface area contributed by atoms with Crippen LogP contribution >= 0.6 is 43.2 Å². The van der Waals surface area contributed by atoms with Crippen molar-refractivity contribution in [2.24, 2.45) is 0 Å². The highest BCUT2D eigenvalue weighted by Crippen LogP contribution is 2.28. The van der Waals surface area contributed by atoms with Crippen molar-refractivity contribution in [1.29, 1.82) is 0 Å². The Hall–Kier alpha value is -0.460. The molecule has 0 aliphatic heterocycles. The number of aryl methyl sites for hydroxylation is 1. The van der Waals surface area contributed by atoms with Crippen LogP contribution in [0.4, 0.5) is 0 Å². The molecule has 0 saturated heterocycles. The van der Waals surface area contributed by atoms with Crippen LogP contribution in [0.2, 0.25) is 0 Å². The average Bonchev–Trinajstić information content (AvgIpc) is 2.86. The molecule has 0 atom stereocenters. The molecule has 0 amide bonds. The molecule has 0 saturated carbocycles. The van der Waals surface area contributed by atoms with Crippen molar-refractivity contribution in [3.63, 3.8) is 0 Å². The highest BCUT2D eigenvalue weighted by Gasteiger charge is 2.21. The lowest BCUT2D eigenvalue weighted by atomic mass is 10.2. The summed E-state index contributed by atoms with van der Waals surface area (Å²) in [5.74, 6) is 0.00435. The van der Waals surface area contributed by atoms with Crippen LogP contribution in [0.5, 0.6) is 0 Å². The molecule has 2 aromatic rings. The predicted molar refractivity (Wildman–Crippen MR) is 75.7 cm³/mol. The maximum Gasteiger partial charge on any atom is 0.223 e. The maximum absolute atomic E-state index is 12.4. The van der Waals surface area contributed by atoms with Crippen LogP contribution in [-0.2, 0) is 6.54 Å². The zero-order valence-corrected chi connectivity index (χ0v) is 13.1. The van der Waals surface area contributed by atoms with Crippen LogP contribution < -0.4 is 0 Å². The molecule has 0 aliphatic carbocycles. The van der Waals surface area contributed by atoms with Crippen molar-refractivity contribution < 1.29 is 4.79 Å². The molecule has 17 heavy (non-hydrogen) atoms. The fraction of sp³-hybridized carbons (Fsp3) is 0.273. The molecule has 90 valence electrons. The zero-order valence-electron chi connectivity index (χ0n) is 9.11. The highest BCUT2D eigenvalue weighted by molar-refractivity contribution is 9.11. The Morgan fingerprint density at radius 2 is 2.24 bits per heavy atom. The molecule has 0 aromatic carbocycles. The van der Waals surface area contributed by atoms with Gasteiger partial charge in [-0.15, -0.1) is 11.3 Å². The molecular weight excluding hydrogens is 368 g/mol. The lowest BCUT2D eigenvalue weighted by molar-refractivity contribution is 0.103. The van der Waals surface area contributed by atoms with Crippen molar-refractivity contribution in [1.82, 2.24) is 9.78 Å². The molecule has 0 unspecified atom stereocenters. The number of carbonyl (C=O) groups excluding carboxylic acids is 1. The Bertz CT molecular complexity index is 547. The van der Waals surface area contributed by atoms with E-state index in [0.29, 0.717) is 10.6 Å². The summed E-state index contributed by atoms with van der Waals surface area (Å²) in [4.78, 5) is 13.1. The van der Waals surface area contributed by atoms with Crippen LogP contribution in [0, 0.1) is 0 Å². The summed E-state index contributed by atoms with van der Waals surface area (Å²) >= 11 is 8.20. The summed E-state index contributed by atoms with van der Waals surface area (Å²) in [6.07, 6.45) is 2.62. The quantitative estimate of drug-likeness (QED) is 0.751. The molecule has 0 spiro atoms. The number of rotatable bonds is 4. The van der Waals surface area contributed by atoms with Crippen molar-refractivity contribution >= 4 is 49.0 Å². The first-order valence-electron chi connectivity index (χ1n) is 5.14. The van der Waals surface area contributed by atoms with Crippen LogP contribution in [0.15, 0.2) is 26.6 Å². The number of nitrogens with zero attached hydrogens (tertiary/aromatic N) is 2. The monoisotopic (exact) mass is 376 g/mol. The van der Waals surface area contributed by atoms with Gasteiger partial charge in [0.05, 0.1) is 15.5 Å². The molecule has 2 aromatic heterocycles. The zero-order chi connectivity index (χ0) is 12.4. The number of thiophene rings is 1. The predicted octanol–water partition coefficient (Wildman–Crippen LogP) is 4.11. The molecule has 6 heteroatoms. The van der Waals surface area contributed by atoms with Gasteiger partial charge in [-0.2, -0.15) is 5.10 Å². The minimum Gasteiger partial charge on any atom is -0.286 e. The normalized spacial score (nSPS) is 10.8. The van der Waals surface area contributed by atoms with Gasteiger partial charge in [0.1, 0.15) is 5.69 Å². The van der Waals surface area contributed by atoms with E-state index >= 15 is 0 Å². The van der Waals surface area contributed by atoms with Gasteiger partial charge in [-0.25, -0.2) is 0 Å². The van der Waals surface area contributed by atoms with E-state index in [2.05, 4.69) is 43.9 Å². The van der Waals surface area contributed by atoms with E-state index in [4.69, 9.17) is 0 Å². The molecule has 3 nitrogen and oxygen atoms in total. The smallest absolute Gasteiger partial charge is 0.223 e. The molecule has 0 aliphatic rings. The van der Waals surface area contributed by atoms with E-state index in [-0.39, 0.29) is 5.78 Å². The van der Waals surface area contributed by atoms with Gasteiger partial charge in [-0.1, -0.05) is 6.92 Å². The first-order chi connectivity index (χ1) is 8.15. The third-order valence-corrected chi connectivity index (χ3v) is 4.69. The van der Waals surface area contributed by atoms with Crippen molar-refractivity contribution in [2.75, 3.05) is 0 Å². The molecule has 0 bridgehead atoms. The van der Waals surface area contributed by atoms with Crippen molar-refractivity contribution in [2.45, 2.75) is 19.9 Å². The Kier molecular flexibility index (Phi) is 4.17. The largest absolute Gasteiger partial charge is 0.286 e. The van der Waals surface area contributed by atoms with Crippen molar-refractivity contribution in [3.05, 3.63) is 37.2 Å². The van der Waals surface area contributed by atoms with E-state index in [1.54, 1.807) is 10.9 Å². The van der Waals surface area contributed by atoms with Crippen LogP contribution in [0.25, 0.3) is 0 Å². The topological polar surface area (TPSA) is 34.9 Å². The first-order valence-corrected chi connectivity index (χ1v) is 7.60. The summed E-state index contributed by atoms with van der Waals surface area (Å²) in [6.45, 7) is 2.81. The van der Waals surface area contributed by atoms with E-state index in [0.717, 1.165) is 21.9 Å². The molecule has 0 fully saturated rings. The number of aromatic nitrogens is 2. The van der Waals surface area contributed by atoms with Gasteiger partial charge in [-0.05, 0) is 49.7 Å². The SMILES string of the molecule is CCCn1ncc(Br)c1C(=O)c1sccc1Br. The van der Waals surface area contributed by atoms with Gasteiger partial charge in [0.15, 0.2) is 0 Å². The number of hydrogen-bond donors (Lipinski definition) is 0. The second kappa shape index (κ2) is 5.46. The summed E-state index contributed by atoms with van der Waals surface area (Å²) in [5, 5.41) is 6.10. The lowest BCUT2D eigenvalue weighted by Gasteiger charge is -2.05. The second-order valence-electron chi connectivity index (χ2n) is 3.49. The van der Waals surface area contributed by atoms with Gasteiger partial charge < -0.3 is 0 Å². The number of hydrogen-bond acceptors (Lipinski definition) is 3. The maximum atomic E-state index is 12.4. The standard InChI is InChI=1S/C11H10Br2N2OS/c1-2-4-15-9(8(13)6-14-15)10(16)11-7(12)3-5-17-11/h3,5-6H,2,4H2,1H3. The van der Waals surface area contributed by atoms with Crippen LogP contribution in [0.3, 0.4) is 0 Å². The third kappa shape index (κ3) is 2.53. The van der Waals surface area contributed by atoms with Gasteiger partial charge >= 0.3 is 0 Å². The molecule has 0 N–H and O–H groups in total. The van der Waals surface area contributed by atoms with Gasteiger partial charge in [0, 0.05) is 11.0 Å². The lowest BCUT2D eigenvalue weighted by Crippen LogP contribution is -2.11. The Balaban J connectivity index is 2.43. The number of halogens is 2. The highest BCUT2D eigenvalue weighted by atomic mass is 79.9. The van der Waals surface area contributed by atoms with E-state index < -0.39 is 0 Å². The number of carbonyl (C=O) groups is 1. The van der Waals surface area contributed by atoms with Gasteiger partial charge in [0.25, 0.3) is 0 Å². The fourth-order valence-corrected chi connectivity index (χ4v) is 3.50. The van der Waals surface area contributed by atoms with E-state index in [9.17, 15) is 4.79 Å². The third-order valence-electron chi connectivity index (χ3n) is 2.27. The van der Waals surface area contributed by atoms with Gasteiger partial charge in [-0.3, -0.25) is 9.48 Å². The Morgan fingerprint density at radius 1 is 1.47 bits per heavy atom. The Morgan fingerprint density at radius 3 is 2.82 bits per heavy atom. The van der Waals surface area contributed by atoms with Crippen LogP contribution in [-0.4, -0.2) is 15.6 Å². The van der Waals surface area contributed by atoms with E-state index in [1.807, 2.05) is 11.4 Å². The fourth-order valence-electron chi connectivity index (χ4n) is 1.53.